The third-order valence-electron chi connectivity index (χ3n) is 3.24. The number of hydrogen-bond acceptors (Lipinski definition) is 5. The van der Waals surface area contributed by atoms with Crippen LogP contribution in [0.3, 0.4) is 0 Å². The molecule has 0 aliphatic carbocycles. The van der Waals surface area contributed by atoms with Crippen LogP contribution in [-0.4, -0.2) is 29.0 Å². The molecule has 0 radical (unpaired) electrons. The number of nitrogens with one attached hydrogen (secondary N) is 2. The Morgan fingerprint density at radius 3 is 2.68 bits per heavy atom. The molecule has 6 heteroatoms. The number of hydrogen-bond donors (Lipinski definition) is 2. The maximum atomic E-state index is 11.9. The van der Waals surface area contributed by atoms with Crippen molar-refractivity contribution in [2.24, 2.45) is 0 Å². The van der Waals surface area contributed by atoms with Crippen molar-refractivity contribution in [3.8, 4) is 5.75 Å². The Bertz CT molecular complexity index is 628. The Morgan fingerprint density at radius 1 is 1.27 bits per heavy atom. The van der Waals surface area contributed by atoms with Gasteiger partial charge >= 0.3 is 0 Å². The molecule has 0 spiro atoms. The number of carbonyl (C=O) groups is 1. The molecule has 0 fully saturated rings. The van der Waals surface area contributed by atoms with E-state index in [2.05, 4.69) is 20.6 Å². The van der Waals surface area contributed by atoms with Gasteiger partial charge in [-0.2, -0.15) is 0 Å². The van der Waals surface area contributed by atoms with E-state index in [9.17, 15) is 4.79 Å². The lowest BCUT2D eigenvalue weighted by Gasteiger charge is -2.12. The number of nitrogens with zero attached hydrogens (tertiary/aromatic N) is 2. The van der Waals surface area contributed by atoms with E-state index in [0.29, 0.717) is 17.3 Å². The molecule has 22 heavy (non-hydrogen) atoms. The molecule has 1 amide bonds. The first-order valence-electron chi connectivity index (χ1n) is 7.17. The van der Waals surface area contributed by atoms with Gasteiger partial charge in [0, 0.05) is 6.04 Å². The Kier molecular flexibility index (Phi) is 5.30. The first-order valence-corrected chi connectivity index (χ1v) is 7.17. The van der Waals surface area contributed by atoms with Crippen molar-refractivity contribution in [3.05, 3.63) is 42.4 Å². The quantitative estimate of drug-likeness (QED) is 0.858. The third kappa shape index (κ3) is 3.94. The predicted molar refractivity (Wildman–Crippen MR) is 85.5 cm³/mol. The smallest absolute Gasteiger partial charge is 0.271 e. The SMILES string of the molecule is CCC(C)NC(=O)c1cnc(Nc2ccccc2OC)cn1. The minimum atomic E-state index is -0.217. The minimum absolute atomic E-state index is 0.112. The number of para-hydroxylation sites is 2. The number of amides is 1. The molecule has 2 rings (SSSR count). The largest absolute Gasteiger partial charge is 0.495 e. The van der Waals surface area contributed by atoms with Crippen LogP contribution in [0, 0.1) is 0 Å². The fourth-order valence-electron chi connectivity index (χ4n) is 1.80. The van der Waals surface area contributed by atoms with Crippen molar-refractivity contribution in [2.45, 2.75) is 26.3 Å². The molecule has 2 N–H and O–H groups in total. The molecule has 0 aliphatic rings. The van der Waals surface area contributed by atoms with Crippen LogP contribution in [0.4, 0.5) is 11.5 Å². The van der Waals surface area contributed by atoms with Gasteiger partial charge in [0.05, 0.1) is 25.2 Å². The highest BCUT2D eigenvalue weighted by Crippen LogP contribution is 2.25. The summed E-state index contributed by atoms with van der Waals surface area (Å²) >= 11 is 0. The van der Waals surface area contributed by atoms with Crippen LogP contribution in [0.1, 0.15) is 30.8 Å². The van der Waals surface area contributed by atoms with E-state index in [0.717, 1.165) is 12.1 Å². The zero-order chi connectivity index (χ0) is 15.9. The Morgan fingerprint density at radius 2 is 2.05 bits per heavy atom. The summed E-state index contributed by atoms with van der Waals surface area (Å²) in [5.41, 5.74) is 1.09. The summed E-state index contributed by atoms with van der Waals surface area (Å²) in [5.74, 6) is 1.04. The molecule has 0 saturated carbocycles. The fourth-order valence-corrected chi connectivity index (χ4v) is 1.80. The highest BCUT2D eigenvalue weighted by Gasteiger charge is 2.11. The number of rotatable bonds is 6. The molecule has 1 unspecified atom stereocenters. The standard InChI is InChI=1S/C16H20N4O2/c1-4-11(2)19-16(21)13-9-18-15(10-17-13)20-12-7-5-6-8-14(12)22-3/h5-11H,4H2,1-3H3,(H,18,20)(H,19,21). The predicted octanol–water partition coefficient (Wildman–Crippen LogP) is 2.76. The second-order valence-corrected chi connectivity index (χ2v) is 4.89. The van der Waals surface area contributed by atoms with Crippen LogP contribution in [-0.2, 0) is 0 Å². The van der Waals surface area contributed by atoms with E-state index in [1.807, 2.05) is 38.1 Å². The van der Waals surface area contributed by atoms with E-state index >= 15 is 0 Å². The fraction of sp³-hybridized carbons (Fsp3) is 0.312. The van der Waals surface area contributed by atoms with Crippen LogP contribution in [0.5, 0.6) is 5.75 Å². The van der Waals surface area contributed by atoms with E-state index in [1.165, 1.54) is 12.4 Å². The van der Waals surface area contributed by atoms with Crippen molar-refractivity contribution in [2.75, 3.05) is 12.4 Å². The molecule has 0 bridgehead atoms. The number of methoxy groups -OCH3 is 1. The van der Waals surface area contributed by atoms with Crippen molar-refractivity contribution >= 4 is 17.4 Å². The number of benzene rings is 1. The van der Waals surface area contributed by atoms with Crippen molar-refractivity contribution in [1.29, 1.82) is 0 Å². The zero-order valence-corrected chi connectivity index (χ0v) is 13.0. The van der Waals surface area contributed by atoms with E-state index in [4.69, 9.17) is 4.74 Å². The van der Waals surface area contributed by atoms with Crippen LogP contribution < -0.4 is 15.4 Å². The van der Waals surface area contributed by atoms with Gasteiger partial charge < -0.3 is 15.4 Å². The van der Waals surface area contributed by atoms with Crippen LogP contribution in [0.2, 0.25) is 0 Å². The number of aromatic nitrogens is 2. The molecule has 0 saturated heterocycles. The molecule has 1 aromatic heterocycles. The number of carbonyl (C=O) groups excluding carboxylic acids is 1. The molecule has 2 aromatic rings. The van der Waals surface area contributed by atoms with Gasteiger partial charge in [0.2, 0.25) is 0 Å². The van der Waals surface area contributed by atoms with Crippen LogP contribution in [0.25, 0.3) is 0 Å². The number of anilines is 2. The second kappa shape index (κ2) is 7.40. The summed E-state index contributed by atoms with van der Waals surface area (Å²) in [6.07, 6.45) is 3.85. The molecule has 6 nitrogen and oxygen atoms in total. The van der Waals surface area contributed by atoms with Gasteiger partial charge in [-0.15, -0.1) is 0 Å². The zero-order valence-electron chi connectivity index (χ0n) is 13.0. The molecular formula is C16H20N4O2. The Balaban J connectivity index is 2.07. The monoisotopic (exact) mass is 300 g/mol. The maximum Gasteiger partial charge on any atom is 0.271 e. The van der Waals surface area contributed by atoms with Gasteiger partial charge in [-0.1, -0.05) is 19.1 Å². The van der Waals surface area contributed by atoms with E-state index < -0.39 is 0 Å². The highest BCUT2D eigenvalue weighted by atomic mass is 16.5. The first-order chi connectivity index (χ1) is 10.6. The average molecular weight is 300 g/mol. The summed E-state index contributed by atoms with van der Waals surface area (Å²) in [6, 6.07) is 7.62. The van der Waals surface area contributed by atoms with Gasteiger partial charge in [-0.3, -0.25) is 4.79 Å². The summed E-state index contributed by atoms with van der Waals surface area (Å²) < 4.78 is 5.26. The summed E-state index contributed by atoms with van der Waals surface area (Å²) in [4.78, 5) is 20.3. The minimum Gasteiger partial charge on any atom is -0.495 e. The van der Waals surface area contributed by atoms with E-state index in [-0.39, 0.29) is 11.9 Å². The average Bonchev–Trinajstić information content (AvgIpc) is 2.55. The highest BCUT2D eigenvalue weighted by molar-refractivity contribution is 5.92. The molecule has 1 atom stereocenters. The molecule has 1 aromatic carbocycles. The van der Waals surface area contributed by atoms with Gasteiger partial charge in [0.15, 0.2) is 0 Å². The second-order valence-electron chi connectivity index (χ2n) is 4.89. The lowest BCUT2D eigenvalue weighted by Crippen LogP contribution is -2.32. The van der Waals surface area contributed by atoms with Gasteiger partial charge in [0.25, 0.3) is 5.91 Å². The molecule has 0 aliphatic heterocycles. The number of ether oxygens (including phenoxy) is 1. The van der Waals surface area contributed by atoms with Gasteiger partial charge in [-0.25, -0.2) is 9.97 Å². The van der Waals surface area contributed by atoms with Crippen molar-refractivity contribution < 1.29 is 9.53 Å². The maximum absolute atomic E-state index is 11.9. The topological polar surface area (TPSA) is 76.1 Å². The summed E-state index contributed by atoms with van der Waals surface area (Å²) in [6.45, 7) is 3.96. The Labute approximate surface area is 129 Å². The normalized spacial score (nSPS) is 11.6. The van der Waals surface area contributed by atoms with E-state index in [1.54, 1.807) is 7.11 Å². The molecule has 116 valence electrons. The third-order valence-corrected chi connectivity index (χ3v) is 3.24. The lowest BCUT2D eigenvalue weighted by atomic mass is 10.2. The summed E-state index contributed by atoms with van der Waals surface area (Å²) in [5, 5.41) is 5.96. The van der Waals surface area contributed by atoms with Gasteiger partial charge in [-0.05, 0) is 25.5 Å². The van der Waals surface area contributed by atoms with Crippen LogP contribution in [0.15, 0.2) is 36.7 Å². The summed E-state index contributed by atoms with van der Waals surface area (Å²) in [7, 11) is 1.61. The van der Waals surface area contributed by atoms with Crippen molar-refractivity contribution in [3.63, 3.8) is 0 Å². The Hall–Kier alpha value is -2.63. The van der Waals surface area contributed by atoms with Gasteiger partial charge in [0.1, 0.15) is 17.3 Å². The van der Waals surface area contributed by atoms with Crippen molar-refractivity contribution in [1.82, 2.24) is 15.3 Å². The molecular weight excluding hydrogens is 280 g/mol. The van der Waals surface area contributed by atoms with Crippen LogP contribution >= 0.6 is 0 Å². The molecule has 1 heterocycles. The lowest BCUT2D eigenvalue weighted by molar-refractivity contribution is 0.0934. The first kappa shape index (κ1) is 15.8.